The second kappa shape index (κ2) is 5.60. The van der Waals surface area contributed by atoms with Gasteiger partial charge in [-0.3, -0.25) is 0 Å². The summed E-state index contributed by atoms with van der Waals surface area (Å²) in [4.78, 5) is 12.7. The zero-order chi connectivity index (χ0) is 16.7. The minimum atomic E-state index is -0.00163. The first-order chi connectivity index (χ1) is 11.6. The van der Waals surface area contributed by atoms with Crippen LogP contribution >= 0.6 is 0 Å². The van der Waals surface area contributed by atoms with Gasteiger partial charge in [-0.1, -0.05) is 30.3 Å². The van der Waals surface area contributed by atoms with Gasteiger partial charge in [0.1, 0.15) is 5.82 Å². The van der Waals surface area contributed by atoms with Gasteiger partial charge in [0.25, 0.3) is 0 Å². The second-order valence-electron chi connectivity index (χ2n) is 6.88. The van der Waals surface area contributed by atoms with E-state index in [2.05, 4.69) is 52.6 Å². The Morgan fingerprint density at radius 1 is 1.21 bits per heavy atom. The first-order valence-electron chi connectivity index (χ1n) is 8.28. The molecule has 0 bridgehead atoms. The maximum absolute atomic E-state index is 5.52. The molecule has 4 rings (SSSR count). The Kier molecular flexibility index (Phi) is 3.53. The summed E-state index contributed by atoms with van der Waals surface area (Å²) in [7, 11) is 0. The Morgan fingerprint density at radius 3 is 2.54 bits per heavy atom. The van der Waals surface area contributed by atoms with Gasteiger partial charge in [0.2, 0.25) is 0 Å². The molecule has 0 saturated carbocycles. The van der Waals surface area contributed by atoms with Gasteiger partial charge in [-0.05, 0) is 20.8 Å². The van der Waals surface area contributed by atoms with E-state index >= 15 is 0 Å². The van der Waals surface area contributed by atoms with Crippen LogP contribution < -0.4 is 0 Å². The van der Waals surface area contributed by atoms with Gasteiger partial charge in [-0.15, -0.1) is 0 Å². The third kappa shape index (κ3) is 2.45. The highest BCUT2D eigenvalue weighted by Gasteiger charge is 2.40. The van der Waals surface area contributed by atoms with E-state index in [0.717, 1.165) is 41.7 Å². The zero-order valence-corrected chi connectivity index (χ0v) is 14.3. The van der Waals surface area contributed by atoms with E-state index in [1.807, 2.05) is 19.3 Å². The second-order valence-corrected chi connectivity index (χ2v) is 6.88. The highest BCUT2D eigenvalue weighted by atomic mass is 16.5. The van der Waals surface area contributed by atoms with Crippen molar-refractivity contribution in [1.82, 2.24) is 19.5 Å². The predicted octanol–water partition coefficient (Wildman–Crippen LogP) is 3.23. The molecule has 1 saturated heterocycles. The van der Waals surface area contributed by atoms with Crippen LogP contribution in [0.25, 0.3) is 11.3 Å². The van der Waals surface area contributed by atoms with E-state index in [1.54, 1.807) is 0 Å². The summed E-state index contributed by atoms with van der Waals surface area (Å²) in [6.07, 6.45) is 1.93. The monoisotopic (exact) mass is 322 g/mol. The van der Waals surface area contributed by atoms with Gasteiger partial charge in [0, 0.05) is 11.3 Å². The van der Waals surface area contributed by atoms with Crippen LogP contribution in [0.5, 0.6) is 0 Å². The highest BCUT2D eigenvalue weighted by molar-refractivity contribution is 5.63. The van der Waals surface area contributed by atoms with Crippen molar-refractivity contribution in [1.29, 1.82) is 0 Å². The number of aryl methyl sites for hydroxylation is 2. The quantitative estimate of drug-likeness (QED) is 0.802. The summed E-state index contributed by atoms with van der Waals surface area (Å²) in [5.74, 6) is 0.965. The Morgan fingerprint density at radius 2 is 1.96 bits per heavy atom. The number of nitrogens with one attached hydrogen (secondary N) is 1. The lowest BCUT2D eigenvalue weighted by molar-refractivity contribution is -0.0532. The molecule has 1 N–H and O–H groups in total. The summed E-state index contributed by atoms with van der Waals surface area (Å²) < 4.78 is 7.73. The molecular formula is C19H22N4O. The maximum atomic E-state index is 5.52. The smallest absolute Gasteiger partial charge is 0.126 e. The molecule has 124 valence electrons. The van der Waals surface area contributed by atoms with Gasteiger partial charge < -0.3 is 14.3 Å². The van der Waals surface area contributed by atoms with Crippen molar-refractivity contribution in [2.24, 2.45) is 0 Å². The third-order valence-electron chi connectivity index (χ3n) is 4.80. The Hall–Kier alpha value is -2.40. The summed E-state index contributed by atoms with van der Waals surface area (Å²) in [6, 6.07) is 10.4. The molecule has 24 heavy (non-hydrogen) atoms. The third-order valence-corrected chi connectivity index (χ3v) is 4.80. The lowest BCUT2D eigenvalue weighted by atomic mass is 9.82. The van der Waals surface area contributed by atoms with Gasteiger partial charge in [-0.2, -0.15) is 0 Å². The van der Waals surface area contributed by atoms with Crippen LogP contribution in [0.4, 0.5) is 0 Å². The van der Waals surface area contributed by atoms with Crippen molar-refractivity contribution >= 4 is 0 Å². The molecule has 1 aliphatic rings. The molecule has 3 heterocycles. The predicted molar refractivity (Wildman–Crippen MR) is 93.0 cm³/mol. The standard InChI is InChI=1S/C19H22N4O/c1-13-14(2)22-16(21-13)9-23-12-20-17(15-7-5-4-6-8-15)18(23)19(3)10-24-11-19/h4-8,12H,9-11H2,1-3H3,(H,21,22). The zero-order valence-electron chi connectivity index (χ0n) is 14.3. The van der Waals surface area contributed by atoms with E-state index in [9.17, 15) is 0 Å². The van der Waals surface area contributed by atoms with Crippen molar-refractivity contribution in [2.75, 3.05) is 13.2 Å². The number of aromatic nitrogens is 4. The molecule has 0 atom stereocenters. The fourth-order valence-corrected chi connectivity index (χ4v) is 3.34. The molecular weight excluding hydrogens is 300 g/mol. The number of ether oxygens (including phenoxy) is 1. The van der Waals surface area contributed by atoms with Crippen LogP contribution in [0.15, 0.2) is 36.7 Å². The Labute approximate surface area is 141 Å². The number of aromatic amines is 1. The number of hydrogen-bond acceptors (Lipinski definition) is 3. The minimum Gasteiger partial charge on any atom is -0.379 e. The van der Waals surface area contributed by atoms with E-state index in [1.165, 1.54) is 5.69 Å². The molecule has 1 aliphatic heterocycles. The van der Waals surface area contributed by atoms with E-state index < -0.39 is 0 Å². The number of H-pyrrole nitrogens is 1. The molecule has 0 spiro atoms. The summed E-state index contributed by atoms with van der Waals surface area (Å²) in [5.41, 5.74) is 5.58. The lowest BCUT2D eigenvalue weighted by Crippen LogP contribution is -2.45. The summed E-state index contributed by atoms with van der Waals surface area (Å²) in [5, 5.41) is 0. The SMILES string of the molecule is Cc1nc(Cn2cnc(-c3ccccc3)c2C2(C)COC2)[nH]c1C. The maximum Gasteiger partial charge on any atom is 0.126 e. The summed E-state index contributed by atoms with van der Waals surface area (Å²) >= 11 is 0. The fraction of sp³-hybridized carbons (Fsp3) is 0.368. The molecule has 0 radical (unpaired) electrons. The van der Waals surface area contributed by atoms with Crippen LogP contribution in [0.3, 0.4) is 0 Å². The number of hydrogen-bond donors (Lipinski definition) is 1. The highest BCUT2D eigenvalue weighted by Crippen LogP contribution is 2.38. The number of benzene rings is 1. The molecule has 2 aromatic heterocycles. The van der Waals surface area contributed by atoms with Crippen molar-refractivity contribution < 1.29 is 4.74 Å². The largest absolute Gasteiger partial charge is 0.379 e. The Bertz CT molecular complexity index is 839. The summed E-state index contributed by atoms with van der Waals surface area (Å²) in [6.45, 7) is 8.48. The van der Waals surface area contributed by atoms with Crippen LogP contribution in [-0.4, -0.2) is 32.7 Å². The average molecular weight is 322 g/mol. The van der Waals surface area contributed by atoms with E-state index in [0.29, 0.717) is 6.54 Å². The van der Waals surface area contributed by atoms with Gasteiger partial charge >= 0.3 is 0 Å². The van der Waals surface area contributed by atoms with Crippen LogP contribution in [-0.2, 0) is 16.7 Å². The minimum absolute atomic E-state index is 0.00163. The molecule has 1 fully saturated rings. The van der Waals surface area contributed by atoms with Crippen LogP contribution in [0.2, 0.25) is 0 Å². The average Bonchev–Trinajstić information content (AvgIpc) is 3.10. The molecule has 5 nitrogen and oxygen atoms in total. The fourth-order valence-electron chi connectivity index (χ4n) is 3.34. The van der Waals surface area contributed by atoms with Gasteiger partial charge in [-0.25, -0.2) is 9.97 Å². The van der Waals surface area contributed by atoms with E-state index in [-0.39, 0.29) is 5.41 Å². The van der Waals surface area contributed by atoms with Crippen molar-refractivity contribution in [3.63, 3.8) is 0 Å². The number of nitrogens with zero attached hydrogens (tertiary/aromatic N) is 3. The molecule has 3 aromatic rings. The molecule has 0 unspecified atom stereocenters. The van der Waals surface area contributed by atoms with Crippen LogP contribution in [0, 0.1) is 13.8 Å². The molecule has 0 aliphatic carbocycles. The van der Waals surface area contributed by atoms with Crippen molar-refractivity contribution in [3.8, 4) is 11.3 Å². The Balaban J connectivity index is 1.78. The van der Waals surface area contributed by atoms with Crippen molar-refractivity contribution in [2.45, 2.75) is 32.7 Å². The number of imidazole rings is 2. The molecule has 0 amide bonds. The first kappa shape index (κ1) is 15.1. The normalized spacial score (nSPS) is 16.1. The molecule has 5 heteroatoms. The number of rotatable bonds is 4. The lowest BCUT2D eigenvalue weighted by Gasteiger charge is -2.39. The first-order valence-corrected chi connectivity index (χ1v) is 8.28. The van der Waals surface area contributed by atoms with Gasteiger partial charge in [0.05, 0.1) is 48.6 Å². The van der Waals surface area contributed by atoms with Gasteiger partial charge in [0.15, 0.2) is 0 Å². The van der Waals surface area contributed by atoms with E-state index in [4.69, 9.17) is 9.72 Å². The van der Waals surface area contributed by atoms with Crippen molar-refractivity contribution in [3.05, 3.63) is 59.6 Å². The van der Waals surface area contributed by atoms with Crippen LogP contribution in [0.1, 0.15) is 29.8 Å². The molecule has 1 aromatic carbocycles. The topological polar surface area (TPSA) is 55.7 Å².